The SMILES string of the molecule is CCOc1ccc2c(c1)CC(NCCCCO)C(=O)N2c1cccc(CN2C(=O)[C@]3(O[C@H](CC(=O)N4CCC[C@H]4CO)[C@@H]([Si](C)(C)F)[C@@H]3C)c3cc(N4C(=O)C(NCCCCO)Cc5cc(OCC)ccc54)ccc32)c1. The maximum atomic E-state index is 17.2. The van der Waals surface area contributed by atoms with Crippen LogP contribution in [0.25, 0.3) is 0 Å². The second-order valence-corrected chi connectivity index (χ2v) is 25.2. The quantitative estimate of drug-likeness (QED) is 0.0306. The van der Waals surface area contributed by atoms with E-state index in [1.54, 1.807) is 32.7 Å². The van der Waals surface area contributed by atoms with Crippen molar-refractivity contribution in [3.63, 3.8) is 0 Å². The first kappa shape index (κ1) is 55.0. The number of ether oxygens (including phenoxy) is 3. The van der Waals surface area contributed by atoms with Gasteiger partial charge < -0.3 is 54.1 Å². The van der Waals surface area contributed by atoms with Gasteiger partial charge in [0.15, 0.2) is 5.60 Å². The molecular formula is C58H75FN6O10Si. The van der Waals surface area contributed by atoms with Crippen molar-refractivity contribution in [3.05, 3.63) is 101 Å². The van der Waals surface area contributed by atoms with Crippen molar-refractivity contribution in [1.82, 2.24) is 15.5 Å². The summed E-state index contributed by atoms with van der Waals surface area (Å²) >= 11 is 0. The molecule has 4 aromatic carbocycles. The lowest BCUT2D eigenvalue weighted by Crippen LogP contribution is -2.49. The van der Waals surface area contributed by atoms with Crippen LogP contribution >= 0.6 is 0 Å². The van der Waals surface area contributed by atoms with Gasteiger partial charge in [-0.15, -0.1) is 0 Å². The number of hydrogen-bond acceptors (Lipinski definition) is 12. The van der Waals surface area contributed by atoms with Crippen LogP contribution in [0.4, 0.5) is 32.5 Å². The third-order valence-corrected chi connectivity index (χ3v) is 18.5. The van der Waals surface area contributed by atoms with Gasteiger partial charge in [0.25, 0.3) is 5.91 Å². The summed E-state index contributed by atoms with van der Waals surface area (Å²) in [6.45, 7) is 11.3. The lowest BCUT2D eigenvalue weighted by Gasteiger charge is -2.36. The average Bonchev–Trinajstić information content (AvgIpc) is 4.29. The number of aliphatic hydroxyl groups excluding tert-OH is 3. The molecule has 5 heterocycles. The summed E-state index contributed by atoms with van der Waals surface area (Å²) in [6, 6.07) is 22.9. The Kier molecular flexibility index (Phi) is 17.0. The lowest BCUT2D eigenvalue weighted by atomic mass is 9.82. The van der Waals surface area contributed by atoms with Crippen molar-refractivity contribution in [2.45, 2.75) is 134 Å². The fourth-order valence-corrected chi connectivity index (χ4v) is 15.1. The number of anilines is 5. The Labute approximate surface area is 446 Å². The van der Waals surface area contributed by atoms with E-state index < -0.39 is 49.6 Å². The second-order valence-electron chi connectivity index (χ2n) is 21.4. The summed E-state index contributed by atoms with van der Waals surface area (Å²) in [4.78, 5) is 66.3. The molecule has 408 valence electrons. The van der Waals surface area contributed by atoms with Gasteiger partial charge in [0.2, 0.25) is 26.1 Å². The number of fused-ring (bicyclic) bond motifs is 4. The van der Waals surface area contributed by atoms with Crippen LogP contribution in [0.2, 0.25) is 18.6 Å². The lowest BCUT2D eigenvalue weighted by molar-refractivity contribution is -0.150. The van der Waals surface area contributed by atoms with Gasteiger partial charge in [-0.2, -0.15) is 0 Å². The summed E-state index contributed by atoms with van der Waals surface area (Å²) < 4.78 is 36.1. The molecule has 5 aliphatic rings. The van der Waals surface area contributed by atoms with Crippen molar-refractivity contribution in [1.29, 1.82) is 0 Å². The summed E-state index contributed by atoms with van der Waals surface area (Å²) in [5.74, 6) is -0.423. The molecule has 5 N–H and O–H groups in total. The number of amides is 4. The minimum absolute atomic E-state index is 0.0407. The highest BCUT2D eigenvalue weighted by atomic mass is 28.4. The number of carbonyl (C=O) groups is 4. The van der Waals surface area contributed by atoms with Crippen LogP contribution in [0.3, 0.4) is 0 Å². The Hall–Kier alpha value is -5.73. The van der Waals surface area contributed by atoms with Crippen LogP contribution in [0.1, 0.15) is 88.0 Å². The molecule has 4 aromatic rings. The number of nitrogens with zero attached hydrogens (tertiary/aromatic N) is 4. The first-order chi connectivity index (χ1) is 36.7. The molecule has 2 saturated heterocycles. The van der Waals surface area contributed by atoms with Gasteiger partial charge in [-0.1, -0.05) is 19.1 Å². The minimum atomic E-state index is -3.73. The summed E-state index contributed by atoms with van der Waals surface area (Å²) in [5.41, 5.74) is 3.37. The monoisotopic (exact) mass is 1060 g/mol. The zero-order valence-electron chi connectivity index (χ0n) is 44.6. The fraction of sp³-hybridized carbons (Fsp3) is 0.517. The summed E-state index contributed by atoms with van der Waals surface area (Å²) in [7, 11) is -3.73. The van der Waals surface area contributed by atoms with Gasteiger partial charge in [0.05, 0.1) is 74.1 Å². The van der Waals surface area contributed by atoms with E-state index in [9.17, 15) is 29.7 Å². The Morgan fingerprint density at radius 3 is 1.91 bits per heavy atom. The molecule has 9 rings (SSSR count). The maximum Gasteiger partial charge on any atom is 0.264 e. The first-order valence-electron chi connectivity index (χ1n) is 27.4. The van der Waals surface area contributed by atoms with Gasteiger partial charge in [-0.05, 0) is 175 Å². The van der Waals surface area contributed by atoms with Gasteiger partial charge in [-0.3, -0.25) is 29.0 Å². The zero-order valence-corrected chi connectivity index (χ0v) is 45.6. The second kappa shape index (κ2) is 23.5. The fourth-order valence-electron chi connectivity index (χ4n) is 12.6. The molecule has 18 heteroatoms. The topological polar surface area (TPSA) is 194 Å². The van der Waals surface area contributed by atoms with E-state index in [2.05, 4.69) is 10.6 Å². The van der Waals surface area contributed by atoms with Gasteiger partial charge in [0, 0.05) is 48.2 Å². The van der Waals surface area contributed by atoms with E-state index in [1.807, 2.05) is 99.6 Å². The van der Waals surface area contributed by atoms with Crippen molar-refractivity contribution < 1.29 is 52.8 Å². The standard InChI is InChI=1S/C58H75FN6O10Si/c1-6-73-44-18-21-49-39(29-44)31-47(60-23-8-10-26-66)55(70)64(49)41-15-12-14-38(28-41)35-63-51-20-17-42(65-50-22-19-45(74-7-2)30-40(50)32-48(56(65)71)61-24-9-11-27-67)33-46(51)58(57(63)72)37(3)54(76(4,5)59)52(75-58)34-53(69)62-25-13-16-43(62)36-68/h12,14-15,17-22,28-30,33,37,43,47-48,52,54,60-61,66-68H,6-11,13,16,23-27,31-32,34-36H2,1-5H3/t37-,43-,47?,48?,52+,54-,58+/m0/s1. The number of rotatable bonds is 22. The Balaban J connectivity index is 1.13. The molecule has 2 unspecified atom stereocenters. The Bertz CT molecular complexity index is 2780. The van der Waals surface area contributed by atoms with Crippen LogP contribution in [0, 0.1) is 5.92 Å². The largest absolute Gasteiger partial charge is 0.494 e. The molecule has 0 radical (unpaired) electrons. The molecule has 0 saturated carbocycles. The average molecular weight is 1060 g/mol. The first-order valence-corrected chi connectivity index (χ1v) is 30.3. The van der Waals surface area contributed by atoms with Gasteiger partial charge >= 0.3 is 0 Å². The molecule has 16 nitrogen and oxygen atoms in total. The molecule has 0 aliphatic carbocycles. The molecule has 0 bridgehead atoms. The van der Waals surface area contributed by atoms with Crippen LogP contribution < -0.4 is 34.8 Å². The molecule has 2 fully saturated rings. The number of nitrogens with one attached hydrogen (secondary N) is 2. The number of halogens is 1. The summed E-state index contributed by atoms with van der Waals surface area (Å²) in [5, 5.41) is 36.0. The van der Waals surface area contributed by atoms with E-state index >= 15 is 8.90 Å². The highest BCUT2D eigenvalue weighted by molar-refractivity contribution is 6.72. The molecule has 7 atom stereocenters. The third-order valence-electron chi connectivity index (χ3n) is 16.0. The zero-order chi connectivity index (χ0) is 53.9. The highest BCUT2D eigenvalue weighted by Crippen LogP contribution is 2.61. The number of hydrogen-bond donors (Lipinski definition) is 5. The van der Waals surface area contributed by atoms with Crippen LogP contribution in [-0.4, -0.2) is 129 Å². The molecule has 76 heavy (non-hydrogen) atoms. The van der Waals surface area contributed by atoms with Crippen LogP contribution in [-0.2, 0) is 48.9 Å². The van der Waals surface area contributed by atoms with Crippen molar-refractivity contribution >= 4 is 60.5 Å². The molecular weight excluding hydrogens is 988 g/mol. The predicted molar refractivity (Wildman–Crippen MR) is 292 cm³/mol. The van der Waals surface area contributed by atoms with Crippen LogP contribution in [0.5, 0.6) is 11.5 Å². The molecule has 5 aliphatic heterocycles. The number of likely N-dealkylation sites (tertiary alicyclic amines) is 1. The normalized spacial score (nSPS) is 24.1. The van der Waals surface area contributed by atoms with E-state index in [-0.39, 0.29) is 56.5 Å². The number of unbranched alkanes of at least 4 members (excludes halogenated alkanes) is 2. The van der Waals surface area contributed by atoms with Crippen LogP contribution in [0.15, 0.2) is 78.9 Å². The van der Waals surface area contributed by atoms with Gasteiger partial charge in [-0.25, -0.2) is 0 Å². The van der Waals surface area contributed by atoms with Crippen molar-refractivity contribution in [2.75, 3.05) is 67.4 Å². The summed E-state index contributed by atoms with van der Waals surface area (Å²) in [6.07, 6.45) is 3.66. The number of benzene rings is 4. The predicted octanol–water partition coefficient (Wildman–Crippen LogP) is 7.08. The van der Waals surface area contributed by atoms with E-state index in [4.69, 9.17) is 14.2 Å². The molecule has 1 spiro atoms. The maximum absolute atomic E-state index is 17.2. The van der Waals surface area contributed by atoms with Crippen molar-refractivity contribution in [3.8, 4) is 11.5 Å². The molecule has 0 aromatic heterocycles. The Morgan fingerprint density at radius 1 is 0.776 bits per heavy atom. The van der Waals surface area contributed by atoms with E-state index in [0.29, 0.717) is 123 Å². The third kappa shape index (κ3) is 10.7. The highest BCUT2D eigenvalue weighted by Gasteiger charge is 2.67. The smallest absolute Gasteiger partial charge is 0.264 e. The van der Waals surface area contributed by atoms with Crippen molar-refractivity contribution in [2.24, 2.45) is 5.92 Å². The Morgan fingerprint density at radius 2 is 1.36 bits per heavy atom. The minimum Gasteiger partial charge on any atom is -0.494 e. The van der Waals surface area contributed by atoms with Gasteiger partial charge in [0.1, 0.15) is 11.5 Å². The number of aliphatic hydroxyl groups is 3. The van der Waals surface area contributed by atoms with E-state index in [0.717, 1.165) is 23.2 Å². The number of carbonyl (C=O) groups excluding carboxylic acids is 4. The van der Waals surface area contributed by atoms with E-state index in [1.165, 1.54) is 0 Å². The molecule has 4 amide bonds.